The van der Waals surface area contributed by atoms with E-state index in [1.165, 1.54) is 45.1 Å². The number of benzene rings is 1. The number of amides is 1. The second kappa shape index (κ2) is 9.26. The number of carbonyl (C=O) groups excluding carboxylic acids is 1. The average molecular weight is 360 g/mol. The minimum absolute atomic E-state index is 0.0464. The summed E-state index contributed by atoms with van der Waals surface area (Å²) < 4.78 is 10.6. The maximum Gasteiger partial charge on any atom is 0.251 e. The summed E-state index contributed by atoms with van der Waals surface area (Å²) in [7, 11) is 3.20. The standard InChI is InChI=1S/C21H32N2O3/c1-25-19-12-16(13-20(14-19)26-2)21(24)22-17-8-7-11-23(15-17)18-9-5-3-4-6-10-18/h12-14,17-18H,3-11,15H2,1-2H3,(H,22,24). The zero-order chi connectivity index (χ0) is 18.4. The van der Waals surface area contributed by atoms with Crippen molar-refractivity contribution < 1.29 is 14.3 Å². The van der Waals surface area contributed by atoms with Gasteiger partial charge in [-0.05, 0) is 44.4 Å². The van der Waals surface area contributed by atoms with Gasteiger partial charge < -0.3 is 14.8 Å². The Hall–Kier alpha value is -1.75. The van der Waals surface area contributed by atoms with Crippen molar-refractivity contribution >= 4 is 5.91 Å². The number of piperidine rings is 1. The van der Waals surface area contributed by atoms with E-state index in [-0.39, 0.29) is 11.9 Å². The van der Waals surface area contributed by atoms with Gasteiger partial charge in [-0.15, -0.1) is 0 Å². The normalized spacial score (nSPS) is 22.5. The molecule has 5 heteroatoms. The lowest BCUT2D eigenvalue weighted by Gasteiger charge is -2.38. The molecule has 1 aromatic carbocycles. The number of hydrogen-bond donors (Lipinski definition) is 1. The van der Waals surface area contributed by atoms with E-state index in [0.29, 0.717) is 23.1 Å². The first-order valence-corrected chi connectivity index (χ1v) is 9.97. The smallest absolute Gasteiger partial charge is 0.251 e. The summed E-state index contributed by atoms with van der Waals surface area (Å²) in [6.45, 7) is 2.14. The fourth-order valence-corrected chi connectivity index (χ4v) is 4.29. The van der Waals surface area contributed by atoms with Gasteiger partial charge in [0.25, 0.3) is 5.91 Å². The highest BCUT2D eigenvalue weighted by molar-refractivity contribution is 5.95. The molecule has 1 saturated carbocycles. The van der Waals surface area contributed by atoms with Crippen molar-refractivity contribution in [2.45, 2.75) is 63.5 Å². The molecule has 1 heterocycles. The number of nitrogens with one attached hydrogen (secondary N) is 1. The lowest BCUT2D eigenvalue weighted by atomic mass is 9.99. The Bertz CT molecular complexity index is 575. The molecule has 5 nitrogen and oxygen atoms in total. The molecule has 1 unspecified atom stereocenters. The predicted octanol–water partition coefficient (Wildman–Crippen LogP) is 3.62. The van der Waals surface area contributed by atoms with Gasteiger partial charge in [0.15, 0.2) is 0 Å². The van der Waals surface area contributed by atoms with Crippen molar-refractivity contribution in [3.63, 3.8) is 0 Å². The summed E-state index contributed by atoms with van der Waals surface area (Å²) in [6.07, 6.45) is 10.3. The maximum atomic E-state index is 12.7. The van der Waals surface area contributed by atoms with Crippen molar-refractivity contribution in [3.8, 4) is 11.5 Å². The van der Waals surface area contributed by atoms with E-state index in [4.69, 9.17) is 9.47 Å². The van der Waals surface area contributed by atoms with Crippen LogP contribution >= 0.6 is 0 Å². The molecule has 1 atom stereocenters. The Morgan fingerprint density at radius 3 is 2.23 bits per heavy atom. The largest absolute Gasteiger partial charge is 0.497 e. The van der Waals surface area contributed by atoms with Gasteiger partial charge in [-0.1, -0.05) is 25.7 Å². The third-order valence-electron chi connectivity index (χ3n) is 5.74. The molecule has 2 fully saturated rings. The zero-order valence-electron chi connectivity index (χ0n) is 16.1. The van der Waals surface area contributed by atoms with Gasteiger partial charge in [0.05, 0.1) is 14.2 Å². The molecule has 1 aliphatic carbocycles. The number of likely N-dealkylation sites (tertiary alicyclic amines) is 1. The predicted molar refractivity (Wildman–Crippen MR) is 103 cm³/mol. The van der Waals surface area contributed by atoms with E-state index in [1.807, 2.05) is 0 Å². The highest BCUT2D eigenvalue weighted by atomic mass is 16.5. The number of hydrogen-bond acceptors (Lipinski definition) is 4. The van der Waals surface area contributed by atoms with Gasteiger partial charge in [0, 0.05) is 30.3 Å². The molecule has 144 valence electrons. The third kappa shape index (κ3) is 4.91. The van der Waals surface area contributed by atoms with Crippen molar-refractivity contribution in [2.24, 2.45) is 0 Å². The molecular weight excluding hydrogens is 328 g/mol. The minimum Gasteiger partial charge on any atom is -0.497 e. The zero-order valence-corrected chi connectivity index (χ0v) is 16.1. The van der Waals surface area contributed by atoms with Crippen LogP contribution in [0.4, 0.5) is 0 Å². The molecule has 1 amide bonds. The summed E-state index contributed by atoms with van der Waals surface area (Å²) in [5.74, 6) is 1.23. The van der Waals surface area contributed by atoms with Crippen LogP contribution in [0, 0.1) is 0 Å². The highest BCUT2D eigenvalue weighted by Crippen LogP contribution is 2.26. The topological polar surface area (TPSA) is 50.8 Å². The summed E-state index contributed by atoms with van der Waals surface area (Å²) in [5, 5.41) is 3.23. The van der Waals surface area contributed by atoms with Crippen LogP contribution in [0.25, 0.3) is 0 Å². The van der Waals surface area contributed by atoms with Crippen LogP contribution in [-0.2, 0) is 0 Å². The highest BCUT2D eigenvalue weighted by Gasteiger charge is 2.27. The van der Waals surface area contributed by atoms with Gasteiger partial charge in [-0.25, -0.2) is 0 Å². The molecule has 0 spiro atoms. The number of methoxy groups -OCH3 is 2. The minimum atomic E-state index is -0.0464. The monoisotopic (exact) mass is 360 g/mol. The van der Waals surface area contributed by atoms with Crippen molar-refractivity contribution in [3.05, 3.63) is 23.8 Å². The molecule has 26 heavy (non-hydrogen) atoms. The molecule has 2 aliphatic rings. The van der Waals surface area contributed by atoms with Crippen LogP contribution in [0.15, 0.2) is 18.2 Å². The fraction of sp³-hybridized carbons (Fsp3) is 0.667. The van der Waals surface area contributed by atoms with E-state index in [2.05, 4.69) is 10.2 Å². The van der Waals surface area contributed by atoms with E-state index in [9.17, 15) is 4.79 Å². The molecule has 0 aromatic heterocycles. The molecule has 1 aliphatic heterocycles. The van der Waals surface area contributed by atoms with Crippen LogP contribution in [0.2, 0.25) is 0 Å². The second-order valence-corrected chi connectivity index (χ2v) is 7.55. The van der Waals surface area contributed by atoms with Crippen molar-refractivity contribution in [2.75, 3.05) is 27.3 Å². The first-order valence-electron chi connectivity index (χ1n) is 9.97. The molecule has 0 bridgehead atoms. The molecule has 1 N–H and O–H groups in total. The van der Waals surface area contributed by atoms with Crippen LogP contribution < -0.4 is 14.8 Å². The molecular formula is C21H32N2O3. The number of rotatable bonds is 5. The Kier molecular flexibility index (Phi) is 6.78. The third-order valence-corrected chi connectivity index (χ3v) is 5.74. The molecule has 3 rings (SSSR count). The molecule has 1 saturated heterocycles. The van der Waals surface area contributed by atoms with Gasteiger partial charge in [0.1, 0.15) is 11.5 Å². The number of nitrogens with zero attached hydrogens (tertiary/aromatic N) is 1. The summed E-state index contributed by atoms with van der Waals surface area (Å²) in [5.41, 5.74) is 0.591. The summed E-state index contributed by atoms with van der Waals surface area (Å²) >= 11 is 0. The van der Waals surface area contributed by atoms with E-state index in [1.54, 1.807) is 32.4 Å². The maximum absolute atomic E-state index is 12.7. The van der Waals surface area contributed by atoms with Crippen LogP contribution in [0.5, 0.6) is 11.5 Å². The lowest BCUT2D eigenvalue weighted by Crippen LogP contribution is -2.50. The van der Waals surface area contributed by atoms with E-state index >= 15 is 0 Å². The average Bonchev–Trinajstić information content (AvgIpc) is 2.97. The quantitative estimate of drug-likeness (QED) is 0.815. The summed E-state index contributed by atoms with van der Waals surface area (Å²) in [4.78, 5) is 15.4. The van der Waals surface area contributed by atoms with E-state index in [0.717, 1.165) is 19.4 Å². The van der Waals surface area contributed by atoms with Crippen molar-refractivity contribution in [1.82, 2.24) is 10.2 Å². The molecule has 1 aromatic rings. The first-order chi connectivity index (χ1) is 12.7. The van der Waals surface area contributed by atoms with E-state index < -0.39 is 0 Å². The van der Waals surface area contributed by atoms with Gasteiger partial charge in [-0.2, -0.15) is 0 Å². The second-order valence-electron chi connectivity index (χ2n) is 7.55. The molecule has 0 radical (unpaired) electrons. The number of ether oxygens (including phenoxy) is 2. The first kappa shape index (κ1) is 19.0. The van der Waals surface area contributed by atoms with Gasteiger partial charge in [0.2, 0.25) is 0 Å². The number of carbonyl (C=O) groups is 1. The van der Waals surface area contributed by atoms with Crippen LogP contribution in [-0.4, -0.2) is 50.2 Å². The Labute approximate surface area is 157 Å². The van der Waals surface area contributed by atoms with Crippen molar-refractivity contribution in [1.29, 1.82) is 0 Å². The Morgan fingerprint density at radius 1 is 0.962 bits per heavy atom. The van der Waals surface area contributed by atoms with Gasteiger partial charge >= 0.3 is 0 Å². The summed E-state index contributed by atoms with van der Waals surface area (Å²) in [6, 6.07) is 6.24. The Morgan fingerprint density at radius 2 is 1.62 bits per heavy atom. The lowest BCUT2D eigenvalue weighted by molar-refractivity contribution is 0.0860. The van der Waals surface area contributed by atoms with Crippen LogP contribution in [0.1, 0.15) is 61.7 Å². The Balaban J connectivity index is 1.61. The SMILES string of the molecule is COc1cc(OC)cc(C(=O)NC2CCCN(C3CCCCCC3)C2)c1. The van der Waals surface area contributed by atoms with Gasteiger partial charge in [-0.3, -0.25) is 9.69 Å². The van der Waals surface area contributed by atoms with Crippen LogP contribution in [0.3, 0.4) is 0 Å². The fourth-order valence-electron chi connectivity index (χ4n) is 4.29.